The molecule has 1 aliphatic carbocycles. The van der Waals surface area contributed by atoms with Crippen LogP contribution in [0.15, 0.2) is 18.2 Å². The third-order valence-electron chi connectivity index (χ3n) is 3.18. The van der Waals surface area contributed by atoms with Gasteiger partial charge in [0.15, 0.2) is 0 Å². The number of hydrogen-bond donors (Lipinski definition) is 1. The summed E-state index contributed by atoms with van der Waals surface area (Å²) in [5, 5.41) is 0.981. The largest absolute Gasteiger partial charge is 0.318 e. The van der Waals surface area contributed by atoms with E-state index in [1.165, 1.54) is 29.1 Å². The Hall–Kier alpha value is -0.970. The molecular formula is C13H12ClFN2S. The molecular weight excluding hydrogens is 271 g/mol. The van der Waals surface area contributed by atoms with Crippen LogP contribution in [-0.4, -0.2) is 4.98 Å². The molecule has 0 bridgehead atoms. The highest BCUT2D eigenvalue weighted by Gasteiger charge is 2.21. The fraction of sp³-hybridized carbons (Fsp3) is 0.308. The molecule has 94 valence electrons. The Balaban J connectivity index is 1.93. The van der Waals surface area contributed by atoms with Crippen LogP contribution in [-0.2, 0) is 12.8 Å². The van der Waals surface area contributed by atoms with E-state index in [1.807, 2.05) is 0 Å². The number of nitrogens with two attached hydrogens (primary N) is 1. The third kappa shape index (κ3) is 2.05. The fourth-order valence-corrected chi connectivity index (χ4v) is 3.49. The SMILES string of the molecule is NC(c1ccc(Cl)c(F)c1)c1nc2c(s1)CCC2. The van der Waals surface area contributed by atoms with Crippen molar-refractivity contribution in [1.82, 2.24) is 4.98 Å². The predicted molar refractivity (Wildman–Crippen MR) is 71.6 cm³/mol. The van der Waals surface area contributed by atoms with Crippen molar-refractivity contribution in [3.05, 3.63) is 50.2 Å². The van der Waals surface area contributed by atoms with Gasteiger partial charge >= 0.3 is 0 Å². The van der Waals surface area contributed by atoms with Gasteiger partial charge in [0.1, 0.15) is 10.8 Å². The molecule has 2 nitrogen and oxygen atoms in total. The number of nitrogens with zero attached hydrogens (tertiary/aromatic N) is 1. The van der Waals surface area contributed by atoms with Crippen molar-refractivity contribution in [3.8, 4) is 0 Å². The molecule has 1 atom stereocenters. The molecule has 0 spiro atoms. The molecule has 0 fully saturated rings. The fourth-order valence-electron chi connectivity index (χ4n) is 2.19. The van der Waals surface area contributed by atoms with Crippen molar-refractivity contribution in [3.63, 3.8) is 0 Å². The summed E-state index contributed by atoms with van der Waals surface area (Å²) < 4.78 is 13.4. The summed E-state index contributed by atoms with van der Waals surface area (Å²) in [4.78, 5) is 5.89. The standard InChI is InChI=1S/C13H12ClFN2S/c14-8-5-4-7(6-9(8)15)12(16)13-17-10-2-1-3-11(10)18-13/h4-6,12H,1-3,16H2. The molecule has 2 aromatic rings. The Morgan fingerprint density at radius 3 is 2.94 bits per heavy atom. The molecule has 1 heterocycles. The van der Waals surface area contributed by atoms with Crippen molar-refractivity contribution >= 4 is 22.9 Å². The maximum atomic E-state index is 13.4. The van der Waals surface area contributed by atoms with Crippen LogP contribution in [0.2, 0.25) is 5.02 Å². The molecule has 0 aliphatic heterocycles. The number of aryl methyl sites for hydroxylation is 2. The molecule has 18 heavy (non-hydrogen) atoms. The number of rotatable bonds is 2. The summed E-state index contributed by atoms with van der Waals surface area (Å²) in [5.41, 5.74) is 8.01. The maximum absolute atomic E-state index is 13.4. The summed E-state index contributed by atoms with van der Waals surface area (Å²) in [7, 11) is 0. The minimum Gasteiger partial charge on any atom is -0.318 e. The highest BCUT2D eigenvalue weighted by molar-refractivity contribution is 7.11. The second-order valence-electron chi connectivity index (χ2n) is 4.43. The molecule has 3 rings (SSSR count). The lowest BCUT2D eigenvalue weighted by molar-refractivity contribution is 0.624. The quantitative estimate of drug-likeness (QED) is 0.916. The molecule has 1 aliphatic rings. The van der Waals surface area contributed by atoms with Crippen molar-refractivity contribution < 1.29 is 4.39 Å². The van der Waals surface area contributed by atoms with E-state index < -0.39 is 5.82 Å². The van der Waals surface area contributed by atoms with Crippen molar-refractivity contribution in [2.24, 2.45) is 5.73 Å². The summed E-state index contributed by atoms with van der Waals surface area (Å²) in [6.45, 7) is 0. The van der Waals surface area contributed by atoms with E-state index in [2.05, 4.69) is 4.98 Å². The van der Waals surface area contributed by atoms with E-state index in [4.69, 9.17) is 17.3 Å². The zero-order chi connectivity index (χ0) is 12.7. The Bertz CT molecular complexity index is 575. The average Bonchev–Trinajstić information content (AvgIpc) is 2.92. The van der Waals surface area contributed by atoms with E-state index in [0.29, 0.717) is 5.56 Å². The Kier molecular flexibility index (Phi) is 3.09. The monoisotopic (exact) mass is 282 g/mol. The van der Waals surface area contributed by atoms with E-state index in [-0.39, 0.29) is 11.1 Å². The van der Waals surface area contributed by atoms with Crippen LogP contribution >= 0.6 is 22.9 Å². The highest BCUT2D eigenvalue weighted by atomic mass is 35.5. The lowest BCUT2D eigenvalue weighted by Crippen LogP contribution is -2.12. The predicted octanol–water partition coefficient (Wildman–Crippen LogP) is 3.47. The van der Waals surface area contributed by atoms with Gasteiger partial charge in [0.25, 0.3) is 0 Å². The molecule has 0 saturated carbocycles. The third-order valence-corrected chi connectivity index (χ3v) is 4.73. The second kappa shape index (κ2) is 4.61. The number of thiazole rings is 1. The lowest BCUT2D eigenvalue weighted by Gasteiger charge is -2.09. The number of fused-ring (bicyclic) bond motifs is 1. The van der Waals surface area contributed by atoms with Gasteiger partial charge in [0, 0.05) is 4.88 Å². The van der Waals surface area contributed by atoms with Crippen LogP contribution in [0.4, 0.5) is 4.39 Å². The smallest absolute Gasteiger partial charge is 0.142 e. The first-order valence-corrected chi connectivity index (χ1v) is 7.03. The van der Waals surface area contributed by atoms with Gasteiger partial charge in [-0.15, -0.1) is 11.3 Å². The molecule has 0 amide bonds. The normalized spacial score (nSPS) is 15.7. The van der Waals surface area contributed by atoms with Gasteiger partial charge in [-0.05, 0) is 37.0 Å². The summed E-state index contributed by atoms with van der Waals surface area (Å²) in [5.74, 6) is -0.436. The molecule has 1 unspecified atom stereocenters. The Labute approximate surface area is 114 Å². The first-order valence-electron chi connectivity index (χ1n) is 5.84. The van der Waals surface area contributed by atoms with Gasteiger partial charge in [0.2, 0.25) is 0 Å². The lowest BCUT2D eigenvalue weighted by atomic mass is 10.1. The average molecular weight is 283 g/mol. The Morgan fingerprint density at radius 1 is 1.39 bits per heavy atom. The van der Waals surface area contributed by atoms with Gasteiger partial charge in [-0.3, -0.25) is 0 Å². The van der Waals surface area contributed by atoms with E-state index in [9.17, 15) is 4.39 Å². The van der Waals surface area contributed by atoms with Crippen LogP contribution in [0.1, 0.15) is 33.6 Å². The minimum atomic E-state index is -0.436. The summed E-state index contributed by atoms with van der Waals surface area (Å²) >= 11 is 7.31. The topological polar surface area (TPSA) is 38.9 Å². The second-order valence-corrected chi connectivity index (χ2v) is 5.95. The molecule has 0 radical (unpaired) electrons. The molecule has 5 heteroatoms. The number of hydrogen-bond acceptors (Lipinski definition) is 3. The van der Waals surface area contributed by atoms with Gasteiger partial charge in [-0.25, -0.2) is 9.37 Å². The van der Waals surface area contributed by atoms with Crippen LogP contribution < -0.4 is 5.73 Å². The van der Waals surface area contributed by atoms with Crippen LogP contribution in [0.5, 0.6) is 0 Å². The maximum Gasteiger partial charge on any atom is 0.142 e. The van der Waals surface area contributed by atoms with E-state index in [1.54, 1.807) is 17.4 Å². The zero-order valence-corrected chi connectivity index (χ0v) is 11.2. The molecule has 2 N–H and O–H groups in total. The summed E-state index contributed by atoms with van der Waals surface area (Å²) in [6, 6.07) is 4.31. The van der Waals surface area contributed by atoms with Gasteiger partial charge < -0.3 is 5.73 Å². The molecule has 1 aromatic carbocycles. The van der Waals surface area contributed by atoms with Crippen molar-refractivity contribution in [2.45, 2.75) is 25.3 Å². The number of halogens is 2. The van der Waals surface area contributed by atoms with Gasteiger partial charge in [-0.2, -0.15) is 0 Å². The Morgan fingerprint density at radius 2 is 2.22 bits per heavy atom. The van der Waals surface area contributed by atoms with Crippen LogP contribution in [0.25, 0.3) is 0 Å². The zero-order valence-electron chi connectivity index (χ0n) is 9.62. The van der Waals surface area contributed by atoms with Crippen LogP contribution in [0, 0.1) is 5.82 Å². The molecule has 0 saturated heterocycles. The van der Waals surface area contributed by atoms with Gasteiger partial charge in [-0.1, -0.05) is 17.7 Å². The first-order chi connectivity index (χ1) is 8.65. The first kappa shape index (κ1) is 12.1. The van der Waals surface area contributed by atoms with E-state index >= 15 is 0 Å². The van der Waals surface area contributed by atoms with Gasteiger partial charge in [0.05, 0.1) is 16.8 Å². The summed E-state index contributed by atoms with van der Waals surface area (Å²) in [6.07, 6.45) is 3.31. The van der Waals surface area contributed by atoms with Crippen LogP contribution in [0.3, 0.4) is 0 Å². The van der Waals surface area contributed by atoms with E-state index in [0.717, 1.165) is 17.8 Å². The minimum absolute atomic E-state index is 0.118. The van der Waals surface area contributed by atoms with Crippen molar-refractivity contribution in [1.29, 1.82) is 0 Å². The number of aromatic nitrogens is 1. The highest BCUT2D eigenvalue weighted by Crippen LogP contribution is 2.32. The number of benzene rings is 1. The molecule has 1 aromatic heterocycles. The van der Waals surface area contributed by atoms with Crippen molar-refractivity contribution in [2.75, 3.05) is 0 Å².